The van der Waals surface area contributed by atoms with E-state index in [0.29, 0.717) is 6.54 Å². The molecular weight excluding hydrogens is 329 g/mol. The predicted molar refractivity (Wildman–Crippen MR) is 82.3 cm³/mol. The number of hydrogen-bond acceptors (Lipinski definition) is 3. The molecule has 0 spiro atoms. The molecule has 1 aliphatic rings. The van der Waals surface area contributed by atoms with E-state index in [-0.39, 0.29) is 13.1 Å². The van der Waals surface area contributed by atoms with Gasteiger partial charge in [-0.25, -0.2) is 4.79 Å². The lowest BCUT2D eigenvalue weighted by Gasteiger charge is -2.39. The molecule has 8 heteroatoms. The van der Waals surface area contributed by atoms with Crippen molar-refractivity contribution in [1.82, 2.24) is 10.2 Å². The van der Waals surface area contributed by atoms with Crippen LogP contribution in [-0.4, -0.2) is 47.2 Å². The van der Waals surface area contributed by atoms with Crippen molar-refractivity contribution in [2.75, 3.05) is 19.3 Å². The van der Waals surface area contributed by atoms with Crippen LogP contribution in [0, 0.1) is 0 Å². The number of rotatable bonds is 3. The summed E-state index contributed by atoms with van der Waals surface area (Å²) in [5.41, 5.74) is -1.77. The Morgan fingerprint density at radius 3 is 2.35 bits per heavy atom. The van der Waals surface area contributed by atoms with Gasteiger partial charge in [-0.1, -0.05) is 12.1 Å². The molecule has 1 fully saturated rings. The molecule has 0 unspecified atom stereocenters. The van der Waals surface area contributed by atoms with Crippen molar-refractivity contribution >= 4 is 17.8 Å². The molecule has 1 saturated heterocycles. The molecule has 1 aliphatic heterocycles. The number of nitrogens with one attached hydrogen (secondary N) is 1. The maximum atomic E-state index is 12.7. The normalized spacial score (nSPS) is 17.9. The summed E-state index contributed by atoms with van der Waals surface area (Å²) in [5.74, 6) is 0. The number of carbonyl (C=O) groups is 1. The van der Waals surface area contributed by atoms with Crippen LogP contribution < -0.4 is 5.32 Å². The molecule has 1 aromatic rings. The van der Waals surface area contributed by atoms with Gasteiger partial charge < -0.3 is 15.3 Å². The average molecular weight is 348 g/mol. The van der Waals surface area contributed by atoms with E-state index in [0.717, 1.165) is 10.5 Å². The van der Waals surface area contributed by atoms with E-state index in [9.17, 15) is 23.1 Å². The molecule has 128 valence electrons. The fraction of sp³-hybridized carbons (Fsp3) is 0.533. The predicted octanol–water partition coefficient (Wildman–Crippen LogP) is 3.01. The van der Waals surface area contributed by atoms with Crippen molar-refractivity contribution in [1.29, 1.82) is 0 Å². The molecule has 2 N–H and O–H groups in total. The zero-order chi connectivity index (χ0) is 17.1. The second-order valence-electron chi connectivity index (χ2n) is 5.52. The Hall–Kier alpha value is -1.41. The molecule has 4 nitrogen and oxygen atoms in total. The standard InChI is InChI=1S/C15H19F3N2O2S/c1-23-12-4-2-11(3-5-12)10-19-13(21)20-8-6-14(22,7-9-20)15(16,17)18/h2-5,22H,6-10H2,1H3,(H,19,21). The van der Waals surface area contributed by atoms with Gasteiger partial charge in [0.05, 0.1) is 0 Å². The lowest BCUT2D eigenvalue weighted by molar-refractivity contribution is -0.271. The quantitative estimate of drug-likeness (QED) is 0.826. The Kier molecular flexibility index (Phi) is 5.46. The summed E-state index contributed by atoms with van der Waals surface area (Å²) in [5, 5.41) is 12.3. The highest BCUT2D eigenvalue weighted by atomic mass is 32.2. The highest BCUT2D eigenvalue weighted by Gasteiger charge is 2.54. The van der Waals surface area contributed by atoms with Gasteiger partial charge >= 0.3 is 12.2 Å². The van der Waals surface area contributed by atoms with E-state index in [1.54, 1.807) is 11.8 Å². The van der Waals surface area contributed by atoms with Crippen LogP contribution in [0.4, 0.5) is 18.0 Å². The summed E-state index contributed by atoms with van der Waals surface area (Å²) in [7, 11) is 0. The van der Waals surface area contributed by atoms with Gasteiger partial charge in [-0.05, 0) is 24.0 Å². The summed E-state index contributed by atoms with van der Waals surface area (Å²) in [4.78, 5) is 14.4. The van der Waals surface area contributed by atoms with Crippen LogP contribution >= 0.6 is 11.8 Å². The molecule has 0 bridgehead atoms. The number of nitrogens with zero attached hydrogens (tertiary/aromatic N) is 1. The second kappa shape index (κ2) is 7.00. The van der Waals surface area contributed by atoms with E-state index in [1.165, 1.54) is 4.90 Å². The number of urea groups is 1. The highest BCUT2D eigenvalue weighted by Crippen LogP contribution is 2.38. The number of amides is 2. The number of hydrogen-bond donors (Lipinski definition) is 2. The zero-order valence-electron chi connectivity index (χ0n) is 12.7. The van der Waals surface area contributed by atoms with Gasteiger partial charge in [0.25, 0.3) is 0 Å². The SMILES string of the molecule is CSc1ccc(CNC(=O)N2CCC(O)(C(F)(F)F)CC2)cc1. The average Bonchev–Trinajstić information content (AvgIpc) is 2.53. The molecule has 0 radical (unpaired) electrons. The van der Waals surface area contributed by atoms with Crippen molar-refractivity contribution in [2.24, 2.45) is 0 Å². The number of halogens is 3. The fourth-order valence-electron chi connectivity index (χ4n) is 2.40. The summed E-state index contributed by atoms with van der Waals surface area (Å²) in [6, 6.07) is 7.26. The Morgan fingerprint density at radius 2 is 1.87 bits per heavy atom. The Labute approximate surface area is 137 Å². The van der Waals surface area contributed by atoms with E-state index in [2.05, 4.69) is 5.32 Å². The molecular formula is C15H19F3N2O2S. The van der Waals surface area contributed by atoms with Crippen LogP contribution in [0.15, 0.2) is 29.2 Å². The second-order valence-corrected chi connectivity index (χ2v) is 6.40. The summed E-state index contributed by atoms with van der Waals surface area (Å²) in [6.45, 7) is 0.0774. The monoisotopic (exact) mass is 348 g/mol. The first-order chi connectivity index (χ1) is 10.7. The van der Waals surface area contributed by atoms with Gasteiger partial charge in [0.15, 0.2) is 5.60 Å². The van der Waals surface area contributed by atoms with Crippen molar-refractivity contribution in [3.8, 4) is 0 Å². The first-order valence-corrected chi connectivity index (χ1v) is 8.42. The number of aliphatic hydroxyl groups is 1. The van der Waals surface area contributed by atoms with Gasteiger partial charge in [-0.2, -0.15) is 13.2 Å². The lowest BCUT2D eigenvalue weighted by Crippen LogP contribution is -2.55. The van der Waals surface area contributed by atoms with Gasteiger partial charge in [0.1, 0.15) is 0 Å². The minimum absolute atomic E-state index is 0.118. The van der Waals surface area contributed by atoms with Crippen LogP contribution in [0.3, 0.4) is 0 Å². The van der Waals surface area contributed by atoms with Crippen LogP contribution in [0.25, 0.3) is 0 Å². The fourth-order valence-corrected chi connectivity index (χ4v) is 2.80. The number of carbonyl (C=O) groups excluding carboxylic acids is 1. The van der Waals surface area contributed by atoms with Gasteiger partial charge in [-0.3, -0.25) is 0 Å². The molecule has 1 aromatic carbocycles. The van der Waals surface area contributed by atoms with Crippen LogP contribution in [0.2, 0.25) is 0 Å². The van der Waals surface area contributed by atoms with E-state index < -0.39 is 30.7 Å². The Morgan fingerprint density at radius 1 is 1.30 bits per heavy atom. The maximum Gasteiger partial charge on any atom is 0.417 e. The third-order valence-electron chi connectivity index (χ3n) is 4.01. The molecule has 0 aliphatic carbocycles. The first kappa shape index (κ1) is 17.9. The number of benzene rings is 1. The number of piperidine rings is 1. The van der Waals surface area contributed by atoms with Gasteiger partial charge in [-0.15, -0.1) is 11.8 Å². The Bertz CT molecular complexity index is 541. The molecule has 2 amide bonds. The molecule has 1 heterocycles. The minimum Gasteiger partial charge on any atom is -0.380 e. The molecule has 0 aromatic heterocycles. The number of alkyl halides is 3. The molecule has 0 saturated carbocycles. The van der Waals surface area contributed by atoms with Crippen molar-refractivity contribution in [3.63, 3.8) is 0 Å². The Balaban J connectivity index is 1.83. The molecule has 2 rings (SSSR count). The molecule has 23 heavy (non-hydrogen) atoms. The number of likely N-dealkylation sites (tertiary alicyclic amines) is 1. The van der Waals surface area contributed by atoms with Crippen molar-refractivity contribution in [3.05, 3.63) is 29.8 Å². The largest absolute Gasteiger partial charge is 0.417 e. The zero-order valence-corrected chi connectivity index (χ0v) is 13.5. The summed E-state index contributed by atoms with van der Waals surface area (Å²) in [6.07, 6.45) is -3.68. The minimum atomic E-state index is -4.66. The summed E-state index contributed by atoms with van der Waals surface area (Å²) < 4.78 is 38.1. The maximum absolute atomic E-state index is 12.7. The van der Waals surface area contributed by atoms with Crippen molar-refractivity contribution < 1.29 is 23.1 Å². The molecule has 0 atom stereocenters. The lowest BCUT2D eigenvalue weighted by atomic mass is 9.91. The third kappa shape index (κ3) is 4.32. The van der Waals surface area contributed by atoms with Crippen LogP contribution in [0.5, 0.6) is 0 Å². The topological polar surface area (TPSA) is 52.6 Å². The van der Waals surface area contributed by atoms with Crippen molar-refractivity contribution in [2.45, 2.75) is 36.1 Å². The van der Waals surface area contributed by atoms with Crippen LogP contribution in [0.1, 0.15) is 18.4 Å². The smallest absolute Gasteiger partial charge is 0.380 e. The van der Waals surface area contributed by atoms with Gasteiger partial charge in [0, 0.05) is 37.4 Å². The van der Waals surface area contributed by atoms with E-state index in [4.69, 9.17) is 0 Å². The summed E-state index contributed by atoms with van der Waals surface area (Å²) >= 11 is 1.62. The highest BCUT2D eigenvalue weighted by molar-refractivity contribution is 7.98. The van der Waals surface area contributed by atoms with E-state index in [1.807, 2.05) is 30.5 Å². The number of thioether (sulfide) groups is 1. The van der Waals surface area contributed by atoms with Gasteiger partial charge in [0.2, 0.25) is 0 Å². The van der Waals surface area contributed by atoms with E-state index >= 15 is 0 Å². The van der Waals surface area contributed by atoms with Crippen LogP contribution in [-0.2, 0) is 6.54 Å². The third-order valence-corrected chi connectivity index (χ3v) is 4.75. The first-order valence-electron chi connectivity index (χ1n) is 7.20.